The Bertz CT molecular complexity index is 1020. The van der Waals surface area contributed by atoms with Gasteiger partial charge in [0.1, 0.15) is 23.7 Å². The summed E-state index contributed by atoms with van der Waals surface area (Å²) >= 11 is 0. The number of methoxy groups -OCH3 is 2. The summed E-state index contributed by atoms with van der Waals surface area (Å²) in [6.07, 6.45) is -0.115. The third kappa shape index (κ3) is 4.11. The van der Waals surface area contributed by atoms with Crippen molar-refractivity contribution in [3.63, 3.8) is 0 Å². The minimum absolute atomic E-state index is 0.115. The number of hydrogen-bond acceptors (Lipinski definition) is 6. The van der Waals surface area contributed by atoms with Crippen LogP contribution in [0.5, 0.6) is 11.5 Å². The smallest absolute Gasteiger partial charge is 0.340 e. The van der Waals surface area contributed by atoms with Crippen LogP contribution in [0, 0.1) is 6.92 Å². The van der Waals surface area contributed by atoms with E-state index in [9.17, 15) is 9.59 Å². The summed E-state index contributed by atoms with van der Waals surface area (Å²) in [5, 5.41) is 0.755. The van der Waals surface area contributed by atoms with Crippen molar-refractivity contribution in [2.75, 3.05) is 14.2 Å². The van der Waals surface area contributed by atoms with Gasteiger partial charge >= 0.3 is 11.6 Å². The first-order chi connectivity index (χ1) is 13.0. The molecule has 0 saturated carbocycles. The molecule has 0 aliphatic rings. The average Bonchev–Trinajstić information content (AvgIpc) is 2.69. The third-order valence-electron chi connectivity index (χ3n) is 4.37. The van der Waals surface area contributed by atoms with E-state index in [0.29, 0.717) is 29.1 Å². The topological polar surface area (TPSA) is 75.0 Å². The lowest BCUT2D eigenvalue weighted by atomic mass is 10.0. The van der Waals surface area contributed by atoms with Crippen molar-refractivity contribution in [3.05, 3.63) is 69.6 Å². The maximum absolute atomic E-state index is 12.2. The Labute approximate surface area is 156 Å². The van der Waals surface area contributed by atoms with Gasteiger partial charge in [-0.3, -0.25) is 4.79 Å². The maximum Gasteiger partial charge on any atom is 0.340 e. The summed E-state index contributed by atoms with van der Waals surface area (Å²) in [6.45, 7) is 2.16. The predicted octanol–water partition coefficient (Wildman–Crippen LogP) is 3.40. The first-order valence-corrected chi connectivity index (χ1v) is 8.40. The molecule has 3 rings (SSSR count). The molecule has 0 amide bonds. The van der Waals surface area contributed by atoms with Gasteiger partial charge in [0.05, 0.1) is 26.2 Å². The molecule has 0 fully saturated rings. The predicted molar refractivity (Wildman–Crippen MR) is 100 cm³/mol. The molecular weight excluding hydrogens is 348 g/mol. The number of hydrogen-bond donors (Lipinski definition) is 0. The Balaban J connectivity index is 1.83. The lowest BCUT2D eigenvalue weighted by Gasteiger charge is -2.10. The monoisotopic (exact) mass is 368 g/mol. The standard InChI is InChI=1S/C21H20O6/c1-13-17-9-8-16(26-12-14-4-6-15(24-2)7-5-14)10-19(17)27-21(23)18(13)11-20(22)25-3/h4-10H,11-12H2,1-3H3. The van der Waals surface area contributed by atoms with Crippen LogP contribution >= 0.6 is 0 Å². The molecule has 0 radical (unpaired) electrons. The molecular formula is C21H20O6. The normalized spacial score (nSPS) is 10.6. The molecule has 1 aromatic heterocycles. The highest BCUT2D eigenvalue weighted by molar-refractivity contribution is 5.84. The van der Waals surface area contributed by atoms with Crippen LogP contribution in [-0.2, 0) is 22.6 Å². The summed E-state index contributed by atoms with van der Waals surface area (Å²) in [4.78, 5) is 23.7. The van der Waals surface area contributed by atoms with E-state index in [1.54, 1.807) is 26.2 Å². The third-order valence-corrected chi connectivity index (χ3v) is 4.37. The number of esters is 1. The molecule has 0 aliphatic heterocycles. The molecule has 6 nitrogen and oxygen atoms in total. The maximum atomic E-state index is 12.2. The van der Waals surface area contributed by atoms with Gasteiger partial charge in [-0.2, -0.15) is 0 Å². The average molecular weight is 368 g/mol. The van der Waals surface area contributed by atoms with Gasteiger partial charge in [0, 0.05) is 11.5 Å². The molecule has 0 saturated heterocycles. The largest absolute Gasteiger partial charge is 0.497 e. The van der Waals surface area contributed by atoms with E-state index in [4.69, 9.17) is 13.9 Å². The molecule has 2 aromatic carbocycles. The van der Waals surface area contributed by atoms with Gasteiger partial charge in [-0.1, -0.05) is 12.1 Å². The molecule has 0 spiro atoms. The second-order valence-electron chi connectivity index (χ2n) is 6.04. The van der Waals surface area contributed by atoms with Gasteiger partial charge in [-0.15, -0.1) is 0 Å². The zero-order valence-corrected chi connectivity index (χ0v) is 15.4. The number of fused-ring (bicyclic) bond motifs is 1. The van der Waals surface area contributed by atoms with Crippen LogP contribution in [0.25, 0.3) is 11.0 Å². The van der Waals surface area contributed by atoms with E-state index in [2.05, 4.69) is 4.74 Å². The van der Waals surface area contributed by atoms with E-state index in [1.807, 2.05) is 30.3 Å². The lowest BCUT2D eigenvalue weighted by Crippen LogP contribution is -2.16. The summed E-state index contributed by atoms with van der Waals surface area (Å²) < 4.78 is 20.9. The Morgan fingerprint density at radius 1 is 1.04 bits per heavy atom. The molecule has 27 heavy (non-hydrogen) atoms. The van der Waals surface area contributed by atoms with Gasteiger partial charge < -0.3 is 18.6 Å². The number of aryl methyl sites for hydroxylation is 1. The number of ether oxygens (including phenoxy) is 3. The van der Waals surface area contributed by atoms with Gasteiger partial charge in [-0.25, -0.2) is 4.79 Å². The van der Waals surface area contributed by atoms with E-state index < -0.39 is 11.6 Å². The minimum Gasteiger partial charge on any atom is -0.497 e. The fourth-order valence-corrected chi connectivity index (χ4v) is 2.77. The first-order valence-electron chi connectivity index (χ1n) is 8.40. The van der Waals surface area contributed by atoms with Crippen molar-refractivity contribution in [3.8, 4) is 11.5 Å². The molecule has 1 heterocycles. The van der Waals surface area contributed by atoms with Crippen molar-refractivity contribution in [1.29, 1.82) is 0 Å². The number of rotatable bonds is 6. The number of carbonyl (C=O) groups excluding carboxylic acids is 1. The van der Waals surface area contributed by atoms with Crippen LogP contribution in [0.3, 0.4) is 0 Å². The summed E-state index contributed by atoms with van der Waals surface area (Å²) in [5.74, 6) is 0.884. The van der Waals surface area contributed by atoms with Crippen LogP contribution in [-0.4, -0.2) is 20.2 Å². The van der Waals surface area contributed by atoms with E-state index >= 15 is 0 Å². The highest BCUT2D eigenvalue weighted by Crippen LogP contribution is 2.25. The molecule has 0 aliphatic carbocycles. The SMILES string of the molecule is COC(=O)Cc1c(C)c2ccc(OCc3ccc(OC)cc3)cc2oc1=O. The van der Waals surface area contributed by atoms with Crippen molar-refractivity contribution in [2.24, 2.45) is 0 Å². The summed E-state index contributed by atoms with van der Waals surface area (Å²) in [5.41, 5.74) is 1.87. The lowest BCUT2D eigenvalue weighted by molar-refractivity contribution is -0.139. The van der Waals surface area contributed by atoms with Crippen LogP contribution < -0.4 is 15.1 Å². The molecule has 0 unspecified atom stereocenters. The van der Waals surface area contributed by atoms with Gasteiger partial charge in [-0.05, 0) is 42.3 Å². The zero-order valence-electron chi connectivity index (χ0n) is 15.4. The zero-order chi connectivity index (χ0) is 19.4. The Morgan fingerprint density at radius 3 is 2.41 bits per heavy atom. The van der Waals surface area contributed by atoms with E-state index in [-0.39, 0.29) is 6.42 Å². The highest BCUT2D eigenvalue weighted by atomic mass is 16.5. The molecule has 0 bridgehead atoms. The van der Waals surface area contributed by atoms with Gasteiger partial charge in [0.2, 0.25) is 0 Å². The quantitative estimate of drug-likeness (QED) is 0.490. The van der Waals surface area contributed by atoms with Crippen molar-refractivity contribution in [1.82, 2.24) is 0 Å². The highest BCUT2D eigenvalue weighted by Gasteiger charge is 2.15. The van der Waals surface area contributed by atoms with Crippen LogP contribution in [0.15, 0.2) is 51.7 Å². The van der Waals surface area contributed by atoms with Crippen molar-refractivity contribution < 1.29 is 23.4 Å². The fourth-order valence-electron chi connectivity index (χ4n) is 2.77. The second-order valence-corrected chi connectivity index (χ2v) is 6.04. The van der Waals surface area contributed by atoms with E-state index in [1.165, 1.54) is 7.11 Å². The first kappa shape index (κ1) is 18.5. The van der Waals surface area contributed by atoms with Crippen LogP contribution in [0.4, 0.5) is 0 Å². The molecule has 6 heteroatoms. The Hall–Kier alpha value is -3.28. The molecule has 3 aromatic rings. The molecule has 0 atom stereocenters. The number of benzene rings is 2. The molecule has 0 N–H and O–H groups in total. The Morgan fingerprint density at radius 2 is 1.74 bits per heavy atom. The second kappa shape index (κ2) is 7.95. The van der Waals surface area contributed by atoms with Crippen molar-refractivity contribution >= 4 is 16.9 Å². The van der Waals surface area contributed by atoms with Gasteiger partial charge in [0.15, 0.2) is 0 Å². The molecule has 140 valence electrons. The van der Waals surface area contributed by atoms with E-state index in [0.717, 1.165) is 16.7 Å². The van der Waals surface area contributed by atoms with Crippen molar-refractivity contribution in [2.45, 2.75) is 20.0 Å². The van der Waals surface area contributed by atoms with Crippen LogP contribution in [0.2, 0.25) is 0 Å². The van der Waals surface area contributed by atoms with Crippen LogP contribution in [0.1, 0.15) is 16.7 Å². The Kier molecular flexibility index (Phi) is 5.45. The minimum atomic E-state index is -0.544. The van der Waals surface area contributed by atoms with Gasteiger partial charge in [0.25, 0.3) is 0 Å². The number of carbonyl (C=O) groups is 1. The summed E-state index contributed by atoms with van der Waals surface area (Å²) in [6, 6.07) is 12.9. The fraction of sp³-hybridized carbons (Fsp3) is 0.238. The summed E-state index contributed by atoms with van der Waals surface area (Å²) in [7, 11) is 2.90.